The lowest BCUT2D eigenvalue weighted by atomic mass is 10.2. The average molecular weight is 441 g/mol. The second kappa shape index (κ2) is 8.99. The van der Waals surface area contributed by atoms with Crippen molar-refractivity contribution in [2.45, 2.75) is 37.1 Å². The zero-order valence-electron chi connectivity index (χ0n) is 17.0. The summed E-state index contributed by atoms with van der Waals surface area (Å²) in [7, 11) is -3.62. The second-order valence-electron chi connectivity index (χ2n) is 7.59. The monoisotopic (exact) mass is 440 g/mol. The highest BCUT2D eigenvalue weighted by atomic mass is 32.2. The van der Waals surface area contributed by atoms with Crippen molar-refractivity contribution in [3.05, 3.63) is 65.1 Å². The van der Waals surface area contributed by atoms with Crippen molar-refractivity contribution in [2.75, 3.05) is 18.4 Å². The molecule has 4 rings (SSSR count). The molecule has 1 aliphatic heterocycles. The molecule has 2 heterocycles. The molecule has 3 aromatic rings. The predicted octanol–water partition coefficient (Wildman–Crippen LogP) is 2.60. The quantitative estimate of drug-likeness (QED) is 0.657. The molecule has 0 saturated carbocycles. The van der Waals surface area contributed by atoms with Gasteiger partial charge in [-0.15, -0.1) is 0 Å². The van der Waals surface area contributed by atoms with Crippen molar-refractivity contribution in [3.63, 3.8) is 0 Å². The minimum Gasteiger partial charge on any atom is -0.324 e. The number of hydrogen-bond acceptors (Lipinski definition) is 5. The first-order valence-electron chi connectivity index (χ1n) is 10.3. The molecule has 0 aliphatic carbocycles. The summed E-state index contributed by atoms with van der Waals surface area (Å²) in [5.41, 5.74) is 0.000442. The molecule has 1 saturated heterocycles. The van der Waals surface area contributed by atoms with E-state index in [1.165, 1.54) is 16.4 Å². The van der Waals surface area contributed by atoms with E-state index in [1.54, 1.807) is 36.5 Å². The molecule has 2 aromatic carbocycles. The van der Waals surface area contributed by atoms with E-state index in [1.807, 2.05) is 6.07 Å². The lowest BCUT2D eigenvalue weighted by Crippen LogP contribution is -2.32. The van der Waals surface area contributed by atoms with Crippen molar-refractivity contribution < 1.29 is 13.2 Å². The number of rotatable bonds is 5. The minimum atomic E-state index is -3.62. The molecule has 0 atom stereocenters. The third-order valence-corrected chi connectivity index (χ3v) is 7.27. The SMILES string of the molecule is O=C(Cn1ncc2ccccc2c1=O)Nc1cccc(S(=O)(=O)N2CCCCCC2)c1. The van der Waals surface area contributed by atoms with Gasteiger partial charge in [0, 0.05) is 24.2 Å². The van der Waals surface area contributed by atoms with Gasteiger partial charge in [-0.2, -0.15) is 9.40 Å². The van der Waals surface area contributed by atoms with Crippen LogP contribution in [0.2, 0.25) is 0 Å². The minimum absolute atomic E-state index is 0.146. The summed E-state index contributed by atoms with van der Waals surface area (Å²) in [6, 6.07) is 13.2. The summed E-state index contributed by atoms with van der Waals surface area (Å²) in [6.07, 6.45) is 5.30. The topological polar surface area (TPSA) is 101 Å². The molecule has 0 unspecified atom stereocenters. The van der Waals surface area contributed by atoms with Crippen LogP contribution in [0.5, 0.6) is 0 Å². The Labute approximate surface area is 180 Å². The maximum absolute atomic E-state index is 13.0. The van der Waals surface area contributed by atoms with Crippen LogP contribution in [0.1, 0.15) is 25.7 Å². The van der Waals surface area contributed by atoms with Gasteiger partial charge in [-0.3, -0.25) is 9.59 Å². The highest BCUT2D eigenvalue weighted by Crippen LogP contribution is 2.22. The fourth-order valence-electron chi connectivity index (χ4n) is 3.74. The molecule has 1 aliphatic rings. The number of sulfonamides is 1. The Kier molecular flexibility index (Phi) is 6.15. The Balaban J connectivity index is 1.51. The van der Waals surface area contributed by atoms with E-state index in [4.69, 9.17) is 0 Å². The van der Waals surface area contributed by atoms with Crippen molar-refractivity contribution in [1.29, 1.82) is 0 Å². The van der Waals surface area contributed by atoms with Crippen molar-refractivity contribution in [1.82, 2.24) is 14.1 Å². The van der Waals surface area contributed by atoms with Gasteiger partial charge in [-0.1, -0.05) is 37.1 Å². The molecule has 0 radical (unpaired) electrons. The lowest BCUT2D eigenvalue weighted by Gasteiger charge is -2.20. The van der Waals surface area contributed by atoms with Crippen LogP contribution in [-0.2, 0) is 21.4 Å². The van der Waals surface area contributed by atoms with Crippen LogP contribution in [0.3, 0.4) is 0 Å². The molecule has 1 aromatic heterocycles. The first kappa shape index (κ1) is 21.2. The number of benzene rings is 2. The Morgan fingerprint density at radius 1 is 1.00 bits per heavy atom. The molecule has 0 bridgehead atoms. The predicted molar refractivity (Wildman–Crippen MR) is 118 cm³/mol. The van der Waals surface area contributed by atoms with E-state index in [-0.39, 0.29) is 17.0 Å². The number of nitrogens with zero attached hydrogens (tertiary/aromatic N) is 3. The van der Waals surface area contributed by atoms with E-state index < -0.39 is 15.9 Å². The number of aromatic nitrogens is 2. The molecule has 8 nitrogen and oxygen atoms in total. The number of fused-ring (bicyclic) bond motifs is 1. The standard InChI is InChI=1S/C22H24N4O4S/c27-21(16-26-22(28)20-11-4-3-8-17(20)15-23-26)24-18-9-7-10-19(14-18)31(29,30)25-12-5-1-2-6-13-25/h3-4,7-11,14-15H,1-2,5-6,12-13,16H2,(H,24,27). The van der Waals surface area contributed by atoms with Gasteiger partial charge in [-0.25, -0.2) is 13.1 Å². The number of carbonyl (C=O) groups is 1. The van der Waals surface area contributed by atoms with Gasteiger partial charge >= 0.3 is 0 Å². The Morgan fingerprint density at radius 3 is 2.52 bits per heavy atom. The van der Waals surface area contributed by atoms with Crippen LogP contribution in [0, 0.1) is 0 Å². The van der Waals surface area contributed by atoms with E-state index in [9.17, 15) is 18.0 Å². The van der Waals surface area contributed by atoms with Gasteiger partial charge < -0.3 is 5.32 Å². The van der Waals surface area contributed by atoms with Crippen LogP contribution in [0.4, 0.5) is 5.69 Å². The van der Waals surface area contributed by atoms with Gasteiger partial charge in [0.25, 0.3) is 5.56 Å². The summed E-state index contributed by atoms with van der Waals surface area (Å²) < 4.78 is 28.6. The maximum atomic E-state index is 13.0. The zero-order valence-corrected chi connectivity index (χ0v) is 17.8. The number of hydrogen-bond donors (Lipinski definition) is 1. The third-order valence-electron chi connectivity index (χ3n) is 5.38. The van der Waals surface area contributed by atoms with Gasteiger partial charge in [0.2, 0.25) is 15.9 Å². The van der Waals surface area contributed by atoms with E-state index in [2.05, 4.69) is 10.4 Å². The molecular formula is C22H24N4O4S. The molecule has 1 fully saturated rings. The fraction of sp³-hybridized carbons (Fsp3) is 0.318. The van der Waals surface area contributed by atoms with Gasteiger partial charge in [0.15, 0.2) is 0 Å². The van der Waals surface area contributed by atoms with E-state index in [0.717, 1.165) is 30.4 Å². The second-order valence-corrected chi connectivity index (χ2v) is 9.53. The molecule has 1 amide bonds. The van der Waals surface area contributed by atoms with Crippen LogP contribution >= 0.6 is 0 Å². The first-order valence-corrected chi connectivity index (χ1v) is 11.7. The summed E-state index contributed by atoms with van der Waals surface area (Å²) in [5, 5.41) is 7.91. The molecule has 1 N–H and O–H groups in total. The van der Waals surface area contributed by atoms with E-state index >= 15 is 0 Å². The van der Waals surface area contributed by atoms with Crippen LogP contribution in [0.15, 0.2) is 64.4 Å². The Morgan fingerprint density at radius 2 is 1.74 bits per heavy atom. The highest BCUT2D eigenvalue weighted by molar-refractivity contribution is 7.89. The van der Waals surface area contributed by atoms with Crippen LogP contribution in [0.25, 0.3) is 10.8 Å². The third kappa shape index (κ3) is 4.67. The zero-order chi connectivity index (χ0) is 21.8. The van der Waals surface area contributed by atoms with Crippen LogP contribution in [-0.4, -0.2) is 41.5 Å². The average Bonchev–Trinajstić information content (AvgIpc) is 3.06. The lowest BCUT2D eigenvalue weighted by molar-refractivity contribution is -0.117. The van der Waals surface area contributed by atoms with Gasteiger partial charge in [0.1, 0.15) is 6.54 Å². The number of anilines is 1. The molecule has 9 heteroatoms. The number of nitrogens with one attached hydrogen (secondary N) is 1. The molecular weight excluding hydrogens is 416 g/mol. The smallest absolute Gasteiger partial charge is 0.275 e. The molecule has 0 spiro atoms. The van der Waals surface area contributed by atoms with Gasteiger partial charge in [0.05, 0.1) is 16.5 Å². The summed E-state index contributed by atoms with van der Waals surface area (Å²) in [6.45, 7) is 0.748. The summed E-state index contributed by atoms with van der Waals surface area (Å²) in [4.78, 5) is 25.2. The van der Waals surface area contributed by atoms with Gasteiger partial charge in [-0.05, 0) is 37.1 Å². The van der Waals surface area contributed by atoms with E-state index in [0.29, 0.717) is 29.5 Å². The first-order chi connectivity index (χ1) is 14.9. The van der Waals surface area contributed by atoms with Crippen molar-refractivity contribution >= 4 is 32.4 Å². The fourth-order valence-corrected chi connectivity index (χ4v) is 5.31. The highest BCUT2D eigenvalue weighted by Gasteiger charge is 2.25. The molecule has 31 heavy (non-hydrogen) atoms. The normalized spacial score (nSPS) is 15.5. The Hall–Kier alpha value is -3.04. The summed E-state index contributed by atoms with van der Waals surface area (Å²) >= 11 is 0. The van der Waals surface area contributed by atoms with Crippen molar-refractivity contribution in [2.24, 2.45) is 0 Å². The van der Waals surface area contributed by atoms with Crippen molar-refractivity contribution in [3.8, 4) is 0 Å². The maximum Gasteiger partial charge on any atom is 0.275 e. The number of amides is 1. The largest absolute Gasteiger partial charge is 0.324 e. The Bertz CT molecular complexity index is 1260. The summed E-state index contributed by atoms with van der Waals surface area (Å²) in [5.74, 6) is -0.464. The number of carbonyl (C=O) groups excluding carboxylic acids is 1. The molecule has 162 valence electrons. The van der Waals surface area contributed by atoms with Crippen LogP contribution < -0.4 is 10.9 Å².